The van der Waals surface area contributed by atoms with Crippen molar-refractivity contribution >= 4 is 17.9 Å². The Morgan fingerprint density at radius 3 is 2.46 bits per heavy atom. The van der Waals surface area contributed by atoms with Gasteiger partial charge in [0.15, 0.2) is 0 Å². The van der Waals surface area contributed by atoms with Gasteiger partial charge in [0.2, 0.25) is 5.91 Å². The van der Waals surface area contributed by atoms with E-state index in [1.165, 1.54) is 13.0 Å². The van der Waals surface area contributed by atoms with E-state index in [1.54, 1.807) is 25.1 Å². The molecule has 2 rings (SSSR count). The Morgan fingerprint density at radius 1 is 1.12 bits per heavy atom. The fourth-order valence-electron chi connectivity index (χ4n) is 2.09. The molecule has 0 radical (unpaired) electrons. The van der Waals surface area contributed by atoms with Crippen molar-refractivity contribution in [3.8, 4) is 0 Å². The summed E-state index contributed by atoms with van der Waals surface area (Å²) >= 11 is 0. The molecule has 0 spiro atoms. The highest BCUT2D eigenvalue weighted by Gasteiger charge is 2.11. The maximum absolute atomic E-state index is 13.5. The van der Waals surface area contributed by atoms with Crippen molar-refractivity contribution in [1.29, 1.82) is 0 Å². The van der Waals surface area contributed by atoms with E-state index in [0.29, 0.717) is 11.1 Å². The number of carbonyl (C=O) groups excluding carboxylic acids is 2. The van der Waals surface area contributed by atoms with Crippen molar-refractivity contribution in [1.82, 2.24) is 10.6 Å². The van der Waals surface area contributed by atoms with Gasteiger partial charge < -0.3 is 10.6 Å². The monoisotopic (exact) mass is 326 g/mol. The molecule has 0 atom stereocenters. The number of halogens is 1. The molecule has 0 unspecified atom stereocenters. The van der Waals surface area contributed by atoms with Gasteiger partial charge >= 0.3 is 0 Å². The van der Waals surface area contributed by atoms with E-state index in [0.717, 1.165) is 5.56 Å². The molecular weight excluding hydrogens is 307 g/mol. The smallest absolute Gasteiger partial charge is 0.268 e. The zero-order chi connectivity index (χ0) is 17.5. The van der Waals surface area contributed by atoms with Crippen LogP contribution in [0.15, 0.2) is 54.2 Å². The first-order chi connectivity index (χ1) is 11.5. The van der Waals surface area contributed by atoms with Gasteiger partial charge in [-0.3, -0.25) is 9.59 Å². The number of nitrogens with one attached hydrogen (secondary N) is 2. The number of rotatable bonds is 5. The fraction of sp³-hybridized carbons (Fsp3) is 0.158. The van der Waals surface area contributed by atoms with E-state index in [9.17, 15) is 14.0 Å². The van der Waals surface area contributed by atoms with Crippen molar-refractivity contribution < 1.29 is 14.0 Å². The number of hydrogen-bond donors (Lipinski definition) is 2. The number of aryl methyl sites for hydroxylation is 1. The Hall–Kier alpha value is -2.95. The molecule has 0 aliphatic carbocycles. The van der Waals surface area contributed by atoms with Gasteiger partial charge in [0.1, 0.15) is 11.5 Å². The molecule has 2 amide bonds. The maximum Gasteiger partial charge on any atom is 0.268 e. The standard InChI is InChI=1S/C19H19FN2O2/c1-13-8-9-16(10-17(13)20)12-21-19(24)18(22-14(2)23)11-15-6-4-3-5-7-15/h3-11H,12H2,1-2H3,(H,21,24)(H,22,23)/b18-11-. The third-order valence-electron chi connectivity index (χ3n) is 3.36. The molecule has 0 fully saturated rings. The van der Waals surface area contributed by atoms with E-state index in [1.807, 2.05) is 30.3 Å². The number of amides is 2. The van der Waals surface area contributed by atoms with Crippen LogP contribution >= 0.6 is 0 Å². The van der Waals surface area contributed by atoms with Crippen molar-refractivity contribution in [2.24, 2.45) is 0 Å². The van der Waals surface area contributed by atoms with Crippen LogP contribution < -0.4 is 10.6 Å². The Kier molecular flexibility index (Phi) is 5.84. The Bertz CT molecular complexity index is 770. The van der Waals surface area contributed by atoms with Gasteiger partial charge in [0, 0.05) is 13.5 Å². The van der Waals surface area contributed by atoms with Crippen LogP contribution in [-0.2, 0) is 16.1 Å². The first kappa shape index (κ1) is 17.4. The second kappa shape index (κ2) is 8.06. The summed E-state index contributed by atoms with van der Waals surface area (Å²) in [4.78, 5) is 23.6. The maximum atomic E-state index is 13.5. The predicted molar refractivity (Wildman–Crippen MR) is 91.2 cm³/mol. The minimum atomic E-state index is -0.435. The lowest BCUT2D eigenvalue weighted by Crippen LogP contribution is -2.33. The van der Waals surface area contributed by atoms with Gasteiger partial charge in [-0.1, -0.05) is 42.5 Å². The molecule has 0 aliphatic rings. The summed E-state index contributed by atoms with van der Waals surface area (Å²) in [7, 11) is 0. The average Bonchev–Trinajstić information content (AvgIpc) is 2.55. The van der Waals surface area contributed by atoms with Crippen LogP contribution in [0, 0.1) is 12.7 Å². The largest absolute Gasteiger partial charge is 0.347 e. The molecule has 2 aromatic rings. The predicted octanol–water partition coefficient (Wildman–Crippen LogP) is 2.93. The van der Waals surface area contributed by atoms with Crippen LogP contribution in [0.1, 0.15) is 23.6 Å². The number of carbonyl (C=O) groups is 2. The molecule has 0 aromatic heterocycles. The summed E-state index contributed by atoms with van der Waals surface area (Å²) in [5, 5.41) is 5.20. The third-order valence-corrected chi connectivity index (χ3v) is 3.36. The third kappa shape index (κ3) is 5.05. The molecule has 2 aromatic carbocycles. The van der Waals surface area contributed by atoms with Crippen LogP contribution in [0.3, 0.4) is 0 Å². The molecule has 0 bridgehead atoms. The molecule has 0 saturated heterocycles. The van der Waals surface area contributed by atoms with Gasteiger partial charge in [0.25, 0.3) is 5.91 Å². The number of hydrogen-bond acceptors (Lipinski definition) is 2. The van der Waals surface area contributed by atoms with E-state index in [4.69, 9.17) is 0 Å². The first-order valence-electron chi connectivity index (χ1n) is 7.53. The summed E-state index contributed by atoms with van der Waals surface area (Å²) in [5.74, 6) is -1.09. The minimum absolute atomic E-state index is 0.140. The van der Waals surface area contributed by atoms with E-state index >= 15 is 0 Å². The van der Waals surface area contributed by atoms with Gasteiger partial charge in [-0.15, -0.1) is 0 Å². The fourth-order valence-corrected chi connectivity index (χ4v) is 2.09. The van der Waals surface area contributed by atoms with Crippen molar-refractivity contribution in [3.05, 3.63) is 76.7 Å². The Balaban J connectivity index is 2.11. The highest BCUT2D eigenvalue weighted by atomic mass is 19.1. The summed E-state index contributed by atoms with van der Waals surface area (Å²) in [6, 6.07) is 14.0. The molecule has 5 heteroatoms. The topological polar surface area (TPSA) is 58.2 Å². The first-order valence-corrected chi connectivity index (χ1v) is 7.53. The van der Waals surface area contributed by atoms with Crippen LogP contribution in [-0.4, -0.2) is 11.8 Å². The van der Waals surface area contributed by atoms with Crippen LogP contribution in [0.5, 0.6) is 0 Å². The summed E-state index contributed by atoms with van der Waals surface area (Å²) in [6.45, 7) is 3.18. The molecule has 2 N–H and O–H groups in total. The number of benzene rings is 2. The van der Waals surface area contributed by atoms with Gasteiger partial charge in [-0.2, -0.15) is 0 Å². The second-order valence-corrected chi connectivity index (χ2v) is 5.42. The van der Waals surface area contributed by atoms with Gasteiger partial charge in [0.05, 0.1) is 0 Å². The molecule has 4 nitrogen and oxygen atoms in total. The lowest BCUT2D eigenvalue weighted by Gasteiger charge is -2.10. The molecule has 0 saturated carbocycles. The molecule has 24 heavy (non-hydrogen) atoms. The lowest BCUT2D eigenvalue weighted by atomic mass is 10.1. The van der Waals surface area contributed by atoms with Crippen LogP contribution in [0.4, 0.5) is 4.39 Å². The van der Waals surface area contributed by atoms with Crippen LogP contribution in [0.25, 0.3) is 6.08 Å². The van der Waals surface area contributed by atoms with Crippen LogP contribution in [0.2, 0.25) is 0 Å². The highest BCUT2D eigenvalue weighted by Crippen LogP contribution is 2.10. The Labute approximate surface area is 140 Å². The van der Waals surface area contributed by atoms with E-state index < -0.39 is 5.91 Å². The SMILES string of the molecule is CC(=O)N/C(=C\c1ccccc1)C(=O)NCc1ccc(C)c(F)c1. The van der Waals surface area contributed by atoms with Crippen molar-refractivity contribution in [3.63, 3.8) is 0 Å². The van der Waals surface area contributed by atoms with Crippen molar-refractivity contribution in [2.75, 3.05) is 0 Å². The minimum Gasteiger partial charge on any atom is -0.347 e. The second-order valence-electron chi connectivity index (χ2n) is 5.42. The molecule has 0 aliphatic heterocycles. The summed E-state index contributed by atoms with van der Waals surface area (Å²) in [5.41, 5.74) is 2.13. The molecule has 0 heterocycles. The Morgan fingerprint density at radius 2 is 1.83 bits per heavy atom. The molecule has 124 valence electrons. The van der Waals surface area contributed by atoms with Gasteiger partial charge in [-0.05, 0) is 35.8 Å². The quantitative estimate of drug-likeness (QED) is 0.830. The van der Waals surface area contributed by atoms with E-state index in [-0.39, 0.29) is 24.0 Å². The normalized spacial score (nSPS) is 11.0. The van der Waals surface area contributed by atoms with Crippen molar-refractivity contribution in [2.45, 2.75) is 20.4 Å². The average molecular weight is 326 g/mol. The lowest BCUT2D eigenvalue weighted by molar-refractivity contribution is -0.122. The zero-order valence-corrected chi connectivity index (χ0v) is 13.6. The highest BCUT2D eigenvalue weighted by molar-refractivity contribution is 6.00. The van der Waals surface area contributed by atoms with Gasteiger partial charge in [-0.25, -0.2) is 4.39 Å². The molecular formula is C19H19FN2O2. The summed E-state index contributed by atoms with van der Waals surface area (Å²) in [6.07, 6.45) is 1.59. The van der Waals surface area contributed by atoms with E-state index in [2.05, 4.69) is 10.6 Å². The summed E-state index contributed by atoms with van der Waals surface area (Å²) < 4.78 is 13.5. The zero-order valence-electron chi connectivity index (χ0n) is 13.6.